The molecular weight excluding hydrogens is 444 g/mol. The summed E-state index contributed by atoms with van der Waals surface area (Å²) in [5.74, 6) is 1.10. The molecule has 0 amide bonds. The monoisotopic (exact) mass is 456 g/mol. The van der Waals surface area contributed by atoms with E-state index in [1.165, 1.54) is 11.3 Å². The molecule has 0 saturated heterocycles. The highest BCUT2D eigenvalue weighted by Gasteiger charge is 2.15. The summed E-state index contributed by atoms with van der Waals surface area (Å²) < 4.78 is 11.3. The highest BCUT2D eigenvalue weighted by Crippen LogP contribution is 2.31. The van der Waals surface area contributed by atoms with Gasteiger partial charge in [0.05, 0.1) is 21.9 Å². The van der Waals surface area contributed by atoms with Crippen molar-refractivity contribution in [3.63, 3.8) is 0 Å². The lowest BCUT2D eigenvalue weighted by molar-refractivity contribution is 0.563. The lowest BCUT2D eigenvalue weighted by Crippen LogP contribution is -2.02. The molecule has 0 bridgehead atoms. The average Bonchev–Trinajstić information content (AvgIpc) is 3.47. The SMILES string of the molecule is N#C/C(=C\c1ccc(-c2ccccc2Cl)o1)c1nc(-c2cc3ccccc3oc2=O)cs1. The molecule has 154 valence electrons. The minimum Gasteiger partial charge on any atom is -0.457 e. The van der Waals surface area contributed by atoms with Crippen LogP contribution in [0.5, 0.6) is 0 Å². The number of fused-ring (bicyclic) bond motifs is 1. The summed E-state index contributed by atoms with van der Waals surface area (Å²) in [4.78, 5) is 16.9. The normalized spacial score (nSPS) is 11.6. The standard InChI is InChI=1S/C25H13ClN2O3S/c26-20-7-3-2-6-18(20)23-10-9-17(30-23)11-16(13-27)24-28-21(14-32-24)19-12-15-5-1-4-8-22(15)31-25(19)29/h1-12,14H/b16-11+. The lowest BCUT2D eigenvalue weighted by Gasteiger charge is -1.99. The van der Waals surface area contributed by atoms with Crippen molar-refractivity contribution in [1.29, 1.82) is 5.26 Å². The Morgan fingerprint density at radius 1 is 1.03 bits per heavy atom. The Hall–Kier alpha value is -3.92. The smallest absolute Gasteiger partial charge is 0.345 e. The molecule has 0 N–H and O–H groups in total. The Morgan fingerprint density at radius 2 is 1.84 bits per heavy atom. The van der Waals surface area contributed by atoms with Crippen molar-refractivity contribution in [1.82, 2.24) is 4.98 Å². The van der Waals surface area contributed by atoms with Gasteiger partial charge in [0.15, 0.2) is 0 Å². The van der Waals surface area contributed by atoms with Gasteiger partial charge < -0.3 is 8.83 Å². The average molecular weight is 457 g/mol. The fourth-order valence-corrected chi connectivity index (χ4v) is 4.30. The van der Waals surface area contributed by atoms with Gasteiger partial charge in [-0.3, -0.25) is 0 Å². The van der Waals surface area contributed by atoms with Crippen LogP contribution >= 0.6 is 22.9 Å². The van der Waals surface area contributed by atoms with E-state index in [1.54, 1.807) is 41.8 Å². The molecule has 5 rings (SSSR count). The Morgan fingerprint density at radius 3 is 2.69 bits per heavy atom. The van der Waals surface area contributed by atoms with Gasteiger partial charge in [0.25, 0.3) is 0 Å². The van der Waals surface area contributed by atoms with Crippen molar-refractivity contribution in [3.8, 4) is 28.7 Å². The molecule has 0 unspecified atom stereocenters. The number of nitrogens with zero attached hydrogens (tertiary/aromatic N) is 2. The molecule has 32 heavy (non-hydrogen) atoms. The Bertz CT molecular complexity index is 1590. The molecule has 7 heteroatoms. The summed E-state index contributed by atoms with van der Waals surface area (Å²) in [6.45, 7) is 0. The molecule has 3 heterocycles. The lowest BCUT2D eigenvalue weighted by atomic mass is 10.1. The molecular formula is C25H13ClN2O3S. The third kappa shape index (κ3) is 3.76. The number of halogens is 1. The van der Waals surface area contributed by atoms with Gasteiger partial charge in [-0.15, -0.1) is 11.3 Å². The van der Waals surface area contributed by atoms with Crippen molar-refractivity contribution in [3.05, 3.63) is 98.3 Å². The molecule has 0 radical (unpaired) electrons. The van der Waals surface area contributed by atoms with E-state index in [-0.39, 0.29) is 0 Å². The number of furan rings is 1. The van der Waals surface area contributed by atoms with Gasteiger partial charge in [0.2, 0.25) is 0 Å². The summed E-state index contributed by atoms with van der Waals surface area (Å²) in [5, 5.41) is 13.3. The van der Waals surface area contributed by atoms with Crippen molar-refractivity contribution in [2.45, 2.75) is 0 Å². The molecule has 0 aliphatic carbocycles. The van der Waals surface area contributed by atoms with Crippen LogP contribution in [0.2, 0.25) is 5.02 Å². The molecule has 0 saturated carbocycles. The second-order valence-corrected chi connectivity index (χ2v) is 8.14. The molecule has 5 nitrogen and oxygen atoms in total. The zero-order chi connectivity index (χ0) is 22.1. The summed E-state index contributed by atoms with van der Waals surface area (Å²) in [6.07, 6.45) is 1.62. The minimum absolute atomic E-state index is 0.325. The van der Waals surface area contributed by atoms with Crippen molar-refractivity contribution < 1.29 is 8.83 Å². The highest BCUT2D eigenvalue weighted by atomic mass is 35.5. The molecule has 0 atom stereocenters. The van der Waals surface area contributed by atoms with Gasteiger partial charge in [-0.25, -0.2) is 9.78 Å². The molecule has 0 aliphatic rings. The van der Waals surface area contributed by atoms with Crippen molar-refractivity contribution in [2.24, 2.45) is 0 Å². The summed E-state index contributed by atoms with van der Waals surface area (Å²) in [5.41, 5.74) is 1.95. The quantitative estimate of drug-likeness (QED) is 0.217. The zero-order valence-electron chi connectivity index (χ0n) is 16.4. The third-order valence-electron chi connectivity index (χ3n) is 4.83. The molecule has 0 aliphatic heterocycles. The second-order valence-electron chi connectivity index (χ2n) is 6.87. The van der Waals surface area contributed by atoms with Crippen molar-refractivity contribution >= 4 is 45.6 Å². The number of hydrogen-bond donors (Lipinski definition) is 0. The van der Waals surface area contributed by atoms with Crippen LogP contribution < -0.4 is 5.63 Å². The summed E-state index contributed by atoms with van der Waals surface area (Å²) in [7, 11) is 0. The second kappa shape index (κ2) is 8.31. The van der Waals surface area contributed by atoms with Gasteiger partial charge in [-0.1, -0.05) is 41.9 Å². The van der Waals surface area contributed by atoms with E-state index >= 15 is 0 Å². The van der Waals surface area contributed by atoms with E-state index in [0.717, 1.165) is 10.9 Å². The van der Waals surface area contributed by atoms with Gasteiger partial charge in [-0.2, -0.15) is 5.26 Å². The topological polar surface area (TPSA) is 80.0 Å². The Kier molecular flexibility index (Phi) is 5.20. The number of para-hydroxylation sites is 1. The number of thiazole rings is 1. The van der Waals surface area contributed by atoms with Gasteiger partial charge >= 0.3 is 5.63 Å². The maximum atomic E-state index is 12.4. The van der Waals surface area contributed by atoms with Crippen molar-refractivity contribution in [2.75, 3.05) is 0 Å². The Balaban J connectivity index is 1.49. The number of nitriles is 1. The maximum absolute atomic E-state index is 12.4. The predicted molar refractivity (Wildman–Crippen MR) is 126 cm³/mol. The van der Waals surface area contributed by atoms with Crippen LogP contribution in [0, 0.1) is 11.3 Å². The van der Waals surface area contributed by atoms with Crippen LogP contribution in [0.1, 0.15) is 10.8 Å². The van der Waals surface area contributed by atoms with E-state index in [2.05, 4.69) is 11.1 Å². The molecule has 5 aromatic rings. The first kappa shape index (κ1) is 20.0. The number of benzene rings is 2. The van der Waals surface area contributed by atoms with E-state index in [0.29, 0.717) is 44.0 Å². The number of rotatable bonds is 4. The Labute approximate surface area is 191 Å². The first-order valence-corrected chi connectivity index (χ1v) is 10.8. The minimum atomic E-state index is -0.474. The van der Waals surface area contributed by atoms with Crippen LogP contribution in [0.15, 0.2) is 85.7 Å². The first-order chi connectivity index (χ1) is 15.6. The summed E-state index contributed by atoms with van der Waals surface area (Å²) in [6, 6.07) is 22.1. The fraction of sp³-hybridized carbons (Fsp3) is 0. The summed E-state index contributed by atoms with van der Waals surface area (Å²) >= 11 is 7.51. The fourth-order valence-electron chi connectivity index (χ4n) is 3.28. The number of allylic oxidation sites excluding steroid dienone is 1. The highest BCUT2D eigenvalue weighted by molar-refractivity contribution is 7.11. The van der Waals surface area contributed by atoms with Crippen LogP contribution in [-0.4, -0.2) is 4.98 Å². The number of aromatic nitrogens is 1. The maximum Gasteiger partial charge on any atom is 0.345 e. The molecule has 3 aromatic heterocycles. The first-order valence-electron chi connectivity index (χ1n) is 9.58. The van der Waals surface area contributed by atoms with Gasteiger partial charge in [0, 0.05) is 22.4 Å². The van der Waals surface area contributed by atoms with E-state index in [9.17, 15) is 10.1 Å². The van der Waals surface area contributed by atoms with E-state index in [4.69, 9.17) is 20.4 Å². The van der Waals surface area contributed by atoms with Crippen LogP contribution in [-0.2, 0) is 0 Å². The third-order valence-corrected chi connectivity index (χ3v) is 6.03. The van der Waals surface area contributed by atoms with Gasteiger partial charge in [0.1, 0.15) is 28.2 Å². The van der Waals surface area contributed by atoms with E-state index in [1.807, 2.05) is 36.4 Å². The van der Waals surface area contributed by atoms with Gasteiger partial charge in [-0.05, 0) is 36.4 Å². The molecule has 2 aromatic carbocycles. The van der Waals surface area contributed by atoms with E-state index < -0.39 is 5.63 Å². The van der Waals surface area contributed by atoms with Crippen LogP contribution in [0.3, 0.4) is 0 Å². The largest absolute Gasteiger partial charge is 0.457 e. The molecule has 0 spiro atoms. The van der Waals surface area contributed by atoms with Crippen LogP contribution in [0.25, 0.3) is 45.2 Å². The van der Waals surface area contributed by atoms with Crippen LogP contribution in [0.4, 0.5) is 0 Å². The number of hydrogen-bond acceptors (Lipinski definition) is 6. The molecule has 0 fully saturated rings. The zero-order valence-corrected chi connectivity index (χ0v) is 18.0. The predicted octanol–water partition coefficient (Wildman–Crippen LogP) is 6.89.